The van der Waals surface area contributed by atoms with E-state index in [2.05, 4.69) is 18.7 Å². The summed E-state index contributed by atoms with van der Waals surface area (Å²) in [6.45, 7) is 8.11. The zero-order valence-corrected chi connectivity index (χ0v) is 13.7. The highest BCUT2D eigenvalue weighted by Gasteiger charge is 2.23. The Labute approximate surface area is 132 Å². The molecule has 21 heavy (non-hydrogen) atoms. The SMILES string of the molecule is CCCN(CCC)C(CN)c1cc(Cl)c2c(c1)OCCO2. The Hall–Kier alpha value is -0.970. The van der Waals surface area contributed by atoms with Crippen LogP contribution in [0.5, 0.6) is 11.5 Å². The number of hydrogen-bond donors (Lipinski definition) is 1. The van der Waals surface area contributed by atoms with Crippen molar-refractivity contribution in [1.29, 1.82) is 0 Å². The van der Waals surface area contributed by atoms with Crippen molar-refractivity contribution in [3.05, 3.63) is 22.7 Å². The van der Waals surface area contributed by atoms with Gasteiger partial charge in [0, 0.05) is 12.6 Å². The van der Waals surface area contributed by atoms with Gasteiger partial charge in [-0.1, -0.05) is 25.4 Å². The molecule has 1 aliphatic rings. The number of hydrogen-bond acceptors (Lipinski definition) is 4. The molecule has 0 saturated carbocycles. The maximum atomic E-state index is 6.34. The van der Waals surface area contributed by atoms with E-state index < -0.39 is 0 Å². The summed E-state index contributed by atoms with van der Waals surface area (Å²) in [6, 6.07) is 4.15. The maximum absolute atomic E-state index is 6.34. The second-order valence-electron chi connectivity index (χ2n) is 5.31. The quantitative estimate of drug-likeness (QED) is 0.839. The molecule has 0 spiro atoms. The lowest BCUT2D eigenvalue weighted by Gasteiger charge is -2.31. The Kier molecular flexibility index (Phi) is 6.15. The van der Waals surface area contributed by atoms with Crippen LogP contribution in [0.4, 0.5) is 0 Å². The van der Waals surface area contributed by atoms with Crippen LogP contribution >= 0.6 is 11.6 Å². The van der Waals surface area contributed by atoms with E-state index in [1.54, 1.807) is 0 Å². The summed E-state index contributed by atoms with van der Waals surface area (Å²) in [7, 11) is 0. The summed E-state index contributed by atoms with van der Waals surface area (Å²) in [6.07, 6.45) is 2.21. The predicted octanol–water partition coefficient (Wildman–Crippen LogP) is 3.23. The molecule has 1 aromatic carbocycles. The van der Waals surface area contributed by atoms with Gasteiger partial charge in [-0.05, 0) is 43.6 Å². The van der Waals surface area contributed by atoms with Gasteiger partial charge in [-0.2, -0.15) is 0 Å². The molecule has 2 rings (SSSR count). The molecular formula is C16H25ClN2O2. The highest BCUT2D eigenvalue weighted by Crippen LogP contribution is 2.40. The van der Waals surface area contributed by atoms with Crippen LogP contribution in [0.1, 0.15) is 38.3 Å². The molecule has 4 nitrogen and oxygen atoms in total. The van der Waals surface area contributed by atoms with E-state index in [1.165, 1.54) is 0 Å². The lowest BCUT2D eigenvalue weighted by Crippen LogP contribution is -2.35. The van der Waals surface area contributed by atoms with E-state index in [-0.39, 0.29) is 6.04 Å². The van der Waals surface area contributed by atoms with Crippen molar-refractivity contribution in [3.63, 3.8) is 0 Å². The molecule has 1 atom stereocenters. The molecule has 0 aromatic heterocycles. The van der Waals surface area contributed by atoms with E-state index in [4.69, 9.17) is 26.8 Å². The molecule has 1 aliphatic heterocycles. The molecule has 1 heterocycles. The molecule has 1 aromatic rings. The van der Waals surface area contributed by atoms with Gasteiger partial charge in [0.05, 0.1) is 5.02 Å². The first kappa shape index (κ1) is 16.4. The minimum atomic E-state index is 0.165. The molecule has 0 bridgehead atoms. The maximum Gasteiger partial charge on any atom is 0.179 e. The molecule has 5 heteroatoms. The van der Waals surface area contributed by atoms with E-state index in [9.17, 15) is 0 Å². The van der Waals surface area contributed by atoms with Gasteiger partial charge in [-0.25, -0.2) is 0 Å². The van der Waals surface area contributed by atoms with Crippen molar-refractivity contribution >= 4 is 11.6 Å². The largest absolute Gasteiger partial charge is 0.486 e. The van der Waals surface area contributed by atoms with Crippen LogP contribution in [0.2, 0.25) is 5.02 Å². The molecule has 118 valence electrons. The Bertz CT molecular complexity index is 462. The predicted molar refractivity (Wildman–Crippen MR) is 86.4 cm³/mol. The number of fused-ring (bicyclic) bond motifs is 1. The van der Waals surface area contributed by atoms with Gasteiger partial charge >= 0.3 is 0 Å². The lowest BCUT2D eigenvalue weighted by atomic mass is 10.0. The number of halogens is 1. The topological polar surface area (TPSA) is 47.7 Å². The van der Waals surface area contributed by atoms with E-state index in [1.807, 2.05) is 12.1 Å². The number of rotatable bonds is 7. The number of ether oxygens (including phenoxy) is 2. The number of benzene rings is 1. The molecule has 0 radical (unpaired) electrons. The second kappa shape index (κ2) is 7.87. The molecular weight excluding hydrogens is 288 g/mol. The monoisotopic (exact) mass is 312 g/mol. The zero-order chi connectivity index (χ0) is 15.2. The molecule has 1 unspecified atom stereocenters. The summed E-state index contributed by atoms with van der Waals surface area (Å²) in [5, 5.41) is 0.605. The fourth-order valence-corrected chi connectivity index (χ4v) is 3.09. The molecule has 0 aliphatic carbocycles. The van der Waals surface area contributed by atoms with E-state index in [0.29, 0.717) is 30.5 Å². The van der Waals surface area contributed by atoms with Crippen molar-refractivity contribution in [3.8, 4) is 11.5 Å². The number of nitrogens with two attached hydrogens (primary N) is 1. The van der Waals surface area contributed by atoms with Crippen LogP contribution < -0.4 is 15.2 Å². The van der Waals surface area contributed by atoms with Gasteiger partial charge in [0.25, 0.3) is 0 Å². The Morgan fingerprint density at radius 2 is 1.86 bits per heavy atom. The third-order valence-electron chi connectivity index (χ3n) is 3.69. The Morgan fingerprint density at radius 1 is 1.19 bits per heavy atom. The Balaban J connectivity index is 2.30. The highest BCUT2D eigenvalue weighted by atomic mass is 35.5. The summed E-state index contributed by atoms with van der Waals surface area (Å²) >= 11 is 6.34. The van der Waals surface area contributed by atoms with Crippen LogP contribution in [0.15, 0.2) is 12.1 Å². The first-order valence-corrected chi connectivity index (χ1v) is 8.12. The van der Waals surface area contributed by atoms with Crippen LogP contribution in [-0.4, -0.2) is 37.7 Å². The first-order chi connectivity index (χ1) is 10.2. The highest BCUT2D eigenvalue weighted by molar-refractivity contribution is 6.32. The van der Waals surface area contributed by atoms with Gasteiger partial charge in [0.2, 0.25) is 0 Å². The standard InChI is InChI=1S/C16H25ClN2O2/c1-3-5-19(6-4-2)14(11-18)12-9-13(17)16-15(10-12)20-7-8-21-16/h9-10,14H,3-8,11,18H2,1-2H3. The summed E-state index contributed by atoms with van der Waals surface area (Å²) in [4.78, 5) is 2.42. The van der Waals surface area contributed by atoms with Crippen molar-refractivity contribution in [1.82, 2.24) is 4.90 Å². The van der Waals surface area contributed by atoms with Crippen LogP contribution in [0, 0.1) is 0 Å². The smallest absolute Gasteiger partial charge is 0.179 e. The summed E-state index contributed by atoms with van der Waals surface area (Å²) in [5.74, 6) is 1.38. The lowest BCUT2D eigenvalue weighted by molar-refractivity contribution is 0.169. The zero-order valence-electron chi connectivity index (χ0n) is 12.9. The normalized spacial score (nSPS) is 15.3. The van der Waals surface area contributed by atoms with Crippen molar-refractivity contribution < 1.29 is 9.47 Å². The fraction of sp³-hybridized carbons (Fsp3) is 0.625. The van der Waals surface area contributed by atoms with Gasteiger partial charge in [-0.15, -0.1) is 0 Å². The van der Waals surface area contributed by atoms with Crippen molar-refractivity contribution in [2.45, 2.75) is 32.7 Å². The number of nitrogens with zero attached hydrogens (tertiary/aromatic N) is 1. The second-order valence-corrected chi connectivity index (χ2v) is 5.72. The van der Waals surface area contributed by atoms with Crippen LogP contribution in [-0.2, 0) is 0 Å². The van der Waals surface area contributed by atoms with Crippen molar-refractivity contribution in [2.75, 3.05) is 32.8 Å². The van der Waals surface area contributed by atoms with E-state index >= 15 is 0 Å². The average Bonchev–Trinajstić information content (AvgIpc) is 2.48. The third-order valence-corrected chi connectivity index (χ3v) is 3.97. The van der Waals surface area contributed by atoms with Gasteiger partial charge < -0.3 is 15.2 Å². The van der Waals surface area contributed by atoms with Crippen LogP contribution in [0.3, 0.4) is 0 Å². The summed E-state index contributed by atoms with van der Waals surface area (Å²) < 4.78 is 11.2. The molecule has 0 saturated heterocycles. The van der Waals surface area contributed by atoms with Crippen LogP contribution in [0.25, 0.3) is 0 Å². The molecule has 0 fully saturated rings. The summed E-state index contributed by atoms with van der Waals surface area (Å²) in [5.41, 5.74) is 7.14. The minimum absolute atomic E-state index is 0.165. The molecule has 2 N–H and O–H groups in total. The van der Waals surface area contributed by atoms with Crippen molar-refractivity contribution in [2.24, 2.45) is 5.73 Å². The molecule has 0 amide bonds. The third kappa shape index (κ3) is 3.82. The van der Waals surface area contributed by atoms with Gasteiger partial charge in [-0.3, -0.25) is 4.90 Å². The average molecular weight is 313 g/mol. The first-order valence-electron chi connectivity index (χ1n) is 7.74. The van der Waals surface area contributed by atoms with E-state index in [0.717, 1.165) is 37.2 Å². The van der Waals surface area contributed by atoms with Gasteiger partial charge in [0.15, 0.2) is 11.5 Å². The Morgan fingerprint density at radius 3 is 2.48 bits per heavy atom. The fourth-order valence-electron chi connectivity index (χ4n) is 2.82. The minimum Gasteiger partial charge on any atom is -0.486 e. The van der Waals surface area contributed by atoms with Gasteiger partial charge in [0.1, 0.15) is 13.2 Å².